The van der Waals surface area contributed by atoms with Gasteiger partial charge in [-0.25, -0.2) is 0 Å². The first-order chi connectivity index (χ1) is 13.1. The monoisotopic (exact) mass is 353 g/mol. The maximum atomic E-state index is 12.7. The molecule has 0 saturated heterocycles. The van der Waals surface area contributed by atoms with Crippen molar-refractivity contribution in [3.05, 3.63) is 89.9 Å². The molecule has 0 unspecified atom stereocenters. The smallest absolute Gasteiger partial charge is 0.255 e. The Kier molecular flexibility index (Phi) is 4.38. The Morgan fingerprint density at radius 2 is 1.67 bits per heavy atom. The second kappa shape index (κ2) is 7.00. The maximum Gasteiger partial charge on any atom is 0.255 e. The van der Waals surface area contributed by atoms with E-state index in [0.29, 0.717) is 5.56 Å². The van der Waals surface area contributed by atoms with Gasteiger partial charge in [-0.1, -0.05) is 18.2 Å². The fourth-order valence-electron chi connectivity index (χ4n) is 3.16. The van der Waals surface area contributed by atoms with E-state index in [9.17, 15) is 4.79 Å². The van der Waals surface area contributed by atoms with Crippen LogP contribution in [-0.2, 0) is 0 Å². The lowest BCUT2D eigenvalue weighted by molar-refractivity contribution is 0.102. The number of pyridine rings is 2. The number of hydrogen-bond acceptors (Lipinski definition) is 3. The highest BCUT2D eigenvalue weighted by atomic mass is 16.1. The second-order valence-electron chi connectivity index (χ2n) is 6.58. The van der Waals surface area contributed by atoms with Gasteiger partial charge in [-0.05, 0) is 73.0 Å². The SMILES string of the molecule is Cc1ccc2ccc(NC(=O)c3ccc(-c4ccncc4)c(C)c3)cc2n1. The van der Waals surface area contributed by atoms with Crippen molar-refractivity contribution in [3.63, 3.8) is 0 Å². The van der Waals surface area contributed by atoms with Gasteiger partial charge in [-0.2, -0.15) is 0 Å². The number of nitrogens with one attached hydrogen (secondary N) is 1. The van der Waals surface area contributed by atoms with E-state index < -0.39 is 0 Å². The minimum Gasteiger partial charge on any atom is -0.322 e. The van der Waals surface area contributed by atoms with E-state index in [1.54, 1.807) is 12.4 Å². The summed E-state index contributed by atoms with van der Waals surface area (Å²) in [5.41, 5.74) is 6.42. The minimum absolute atomic E-state index is 0.133. The van der Waals surface area contributed by atoms with Crippen molar-refractivity contribution in [2.75, 3.05) is 5.32 Å². The molecule has 0 aliphatic rings. The van der Waals surface area contributed by atoms with Gasteiger partial charge in [-0.15, -0.1) is 0 Å². The number of amides is 1. The average molecular weight is 353 g/mol. The molecule has 4 heteroatoms. The number of rotatable bonds is 3. The number of benzene rings is 2. The van der Waals surface area contributed by atoms with Crippen LogP contribution in [0.3, 0.4) is 0 Å². The van der Waals surface area contributed by atoms with Crippen LogP contribution in [0.2, 0.25) is 0 Å². The number of aryl methyl sites for hydroxylation is 2. The molecule has 0 radical (unpaired) electrons. The molecule has 2 heterocycles. The number of carbonyl (C=O) groups excluding carboxylic acids is 1. The Bertz CT molecular complexity index is 1140. The normalized spacial score (nSPS) is 10.7. The molecule has 4 rings (SSSR count). The molecule has 27 heavy (non-hydrogen) atoms. The third-order valence-electron chi connectivity index (χ3n) is 4.57. The molecule has 0 saturated carbocycles. The fraction of sp³-hybridized carbons (Fsp3) is 0.0870. The molecular formula is C23H19N3O. The lowest BCUT2D eigenvalue weighted by atomic mass is 9.99. The molecule has 0 fully saturated rings. The molecule has 2 aromatic heterocycles. The second-order valence-corrected chi connectivity index (χ2v) is 6.58. The molecule has 1 amide bonds. The number of nitrogens with zero attached hydrogens (tertiary/aromatic N) is 2. The number of hydrogen-bond donors (Lipinski definition) is 1. The topological polar surface area (TPSA) is 54.9 Å². The Balaban J connectivity index is 1.59. The van der Waals surface area contributed by atoms with Crippen molar-refractivity contribution < 1.29 is 4.79 Å². The number of carbonyl (C=O) groups is 1. The Morgan fingerprint density at radius 1 is 0.889 bits per heavy atom. The molecule has 2 aromatic carbocycles. The van der Waals surface area contributed by atoms with Crippen LogP contribution in [0, 0.1) is 13.8 Å². The van der Waals surface area contributed by atoms with Gasteiger partial charge in [0, 0.05) is 34.7 Å². The zero-order valence-corrected chi connectivity index (χ0v) is 15.2. The first-order valence-corrected chi connectivity index (χ1v) is 8.80. The van der Waals surface area contributed by atoms with Gasteiger partial charge in [-0.3, -0.25) is 14.8 Å². The first kappa shape index (κ1) is 16.9. The predicted molar refractivity (Wildman–Crippen MR) is 109 cm³/mol. The molecular weight excluding hydrogens is 334 g/mol. The van der Waals surface area contributed by atoms with Gasteiger partial charge in [0.2, 0.25) is 0 Å². The van der Waals surface area contributed by atoms with Crippen LogP contribution in [0.15, 0.2) is 73.1 Å². The van der Waals surface area contributed by atoms with Crippen molar-refractivity contribution in [3.8, 4) is 11.1 Å². The summed E-state index contributed by atoms with van der Waals surface area (Å²) < 4.78 is 0. The molecule has 4 aromatic rings. The third kappa shape index (κ3) is 3.55. The Hall–Kier alpha value is -3.53. The zero-order valence-electron chi connectivity index (χ0n) is 15.2. The number of anilines is 1. The highest BCUT2D eigenvalue weighted by Crippen LogP contribution is 2.24. The summed E-state index contributed by atoms with van der Waals surface area (Å²) in [7, 11) is 0. The minimum atomic E-state index is -0.133. The van der Waals surface area contributed by atoms with Gasteiger partial charge in [0.25, 0.3) is 5.91 Å². The van der Waals surface area contributed by atoms with Crippen LogP contribution in [0.25, 0.3) is 22.0 Å². The lowest BCUT2D eigenvalue weighted by Crippen LogP contribution is -2.12. The van der Waals surface area contributed by atoms with Gasteiger partial charge < -0.3 is 5.32 Å². The van der Waals surface area contributed by atoms with E-state index in [4.69, 9.17) is 0 Å². The molecule has 0 atom stereocenters. The van der Waals surface area contributed by atoms with Crippen LogP contribution in [-0.4, -0.2) is 15.9 Å². The molecule has 132 valence electrons. The molecule has 0 aliphatic heterocycles. The highest BCUT2D eigenvalue weighted by Gasteiger charge is 2.10. The van der Waals surface area contributed by atoms with E-state index in [0.717, 1.165) is 39.0 Å². The maximum absolute atomic E-state index is 12.7. The molecule has 0 bridgehead atoms. The van der Waals surface area contributed by atoms with E-state index in [1.807, 2.05) is 74.5 Å². The van der Waals surface area contributed by atoms with Gasteiger partial charge in [0.15, 0.2) is 0 Å². The zero-order chi connectivity index (χ0) is 18.8. The van der Waals surface area contributed by atoms with Crippen molar-refractivity contribution >= 4 is 22.5 Å². The summed E-state index contributed by atoms with van der Waals surface area (Å²) in [6.07, 6.45) is 3.54. The van der Waals surface area contributed by atoms with E-state index >= 15 is 0 Å². The third-order valence-corrected chi connectivity index (χ3v) is 4.57. The summed E-state index contributed by atoms with van der Waals surface area (Å²) >= 11 is 0. The summed E-state index contributed by atoms with van der Waals surface area (Å²) in [5.74, 6) is -0.133. The molecule has 4 nitrogen and oxygen atoms in total. The highest BCUT2D eigenvalue weighted by molar-refractivity contribution is 6.05. The summed E-state index contributed by atoms with van der Waals surface area (Å²) in [4.78, 5) is 21.2. The molecule has 1 N–H and O–H groups in total. The summed E-state index contributed by atoms with van der Waals surface area (Å²) in [5, 5.41) is 4.02. The predicted octanol–water partition coefficient (Wildman–Crippen LogP) is 5.17. The van der Waals surface area contributed by atoms with Gasteiger partial charge in [0.05, 0.1) is 5.52 Å². The molecule has 0 aliphatic carbocycles. The van der Waals surface area contributed by atoms with Crippen molar-refractivity contribution in [1.29, 1.82) is 0 Å². The van der Waals surface area contributed by atoms with E-state index in [2.05, 4.69) is 15.3 Å². The largest absolute Gasteiger partial charge is 0.322 e. The first-order valence-electron chi connectivity index (χ1n) is 8.80. The Morgan fingerprint density at radius 3 is 2.44 bits per heavy atom. The van der Waals surface area contributed by atoms with Crippen molar-refractivity contribution in [1.82, 2.24) is 9.97 Å². The standard InChI is InChI=1S/C23H19N3O/c1-15-13-19(6-8-21(15)17-9-11-24-12-10-17)23(27)26-20-7-5-18-4-3-16(2)25-22(18)14-20/h3-14H,1-2H3,(H,26,27). The lowest BCUT2D eigenvalue weighted by Gasteiger charge is -2.10. The van der Waals surface area contributed by atoms with Crippen molar-refractivity contribution in [2.24, 2.45) is 0 Å². The van der Waals surface area contributed by atoms with Crippen molar-refractivity contribution in [2.45, 2.75) is 13.8 Å². The van der Waals surface area contributed by atoms with Crippen LogP contribution in [0.1, 0.15) is 21.6 Å². The van der Waals surface area contributed by atoms with Crippen LogP contribution < -0.4 is 5.32 Å². The van der Waals surface area contributed by atoms with E-state index in [-0.39, 0.29) is 5.91 Å². The number of fused-ring (bicyclic) bond motifs is 1. The Labute approximate surface area is 157 Å². The van der Waals surface area contributed by atoms with Gasteiger partial charge >= 0.3 is 0 Å². The summed E-state index contributed by atoms with van der Waals surface area (Å²) in [6, 6.07) is 19.4. The fourth-order valence-corrected chi connectivity index (χ4v) is 3.16. The van der Waals surface area contributed by atoms with Gasteiger partial charge in [0.1, 0.15) is 0 Å². The quantitative estimate of drug-likeness (QED) is 0.553. The average Bonchev–Trinajstić information content (AvgIpc) is 2.68. The van der Waals surface area contributed by atoms with E-state index in [1.165, 1.54) is 0 Å². The summed E-state index contributed by atoms with van der Waals surface area (Å²) in [6.45, 7) is 3.97. The number of aromatic nitrogens is 2. The van der Waals surface area contributed by atoms with Crippen LogP contribution in [0.4, 0.5) is 5.69 Å². The molecule has 0 spiro atoms. The van der Waals surface area contributed by atoms with Crippen LogP contribution in [0.5, 0.6) is 0 Å². The van der Waals surface area contributed by atoms with Crippen LogP contribution >= 0.6 is 0 Å².